The first-order valence-electron chi connectivity index (χ1n) is 42.7. The van der Waals surface area contributed by atoms with Crippen LogP contribution in [0, 0.1) is 20.8 Å². The number of nitrogens with zero attached hydrogens (tertiary/aromatic N) is 4. The van der Waals surface area contributed by atoms with Gasteiger partial charge in [-0.2, -0.15) is 0 Å². The first kappa shape index (κ1) is 76.8. The summed E-state index contributed by atoms with van der Waals surface area (Å²) in [5.74, 6) is 0. The van der Waals surface area contributed by atoms with Crippen LogP contribution in [0.3, 0.4) is 0 Å². The van der Waals surface area contributed by atoms with Crippen molar-refractivity contribution in [3.63, 3.8) is 0 Å². The summed E-state index contributed by atoms with van der Waals surface area (Å²) in [6.07, 6.45) is 9.58. The van der Waals surface area contributed by atoms with Crippen molar-refractivity contribution in [2.45, 2.75) is 27.2 Å². The molecule has 4 heteroatoms. The van der Waals surface area contributed by atoms with Crippen LogP contribution in [0.25, 0.3) is 112 Å². The molecule has 4 nitrogen and oxygen atoms in total. The molecule has 0 heterocycles. The zero-order chi connectivity index (χ0) is 83.2. The van der Waals surface area contributed by atoms with Gasteiger partial charge in [0.2, 0.25) is 0 Å². The lowest BCUT2D eigenvalue weighted by molar-refractivity contribution is 1.20. The molecule has 590 valence electrons. The number of fused-ring (bicyclic) bond motifs is 4. The molecule has 0 atom stereocenters. The lowest BCUT2D eigenvalue weighted by Crippen LogP contribution is -2.10. The minimum atomic E-state index is 0.790. The van der Waals surface area contributed by atoms with Crippen LogP contribution >= 0.6 is 0 Å². The van der Waals surface area contributed by atoms with Gasteiger partial charge in [0.05, 0.1) is 0 Å². The third kappa shape index (κ3) is 16.7. The predicted octanol–water partition coefficient (Wildman–Crippen LogP) is 33.7. The summed E-state index contributed by atoms with van der Waals surface area (Å²) >= 11 is 0. The molecule has 20 rings (SSSR count). The summed E-state index contributed by atoms with van der Waals surface area (Å²) in [5, 5.41) is 9.76. The second-order valence-corrected chi connectivity index (χ2v) is 32.5. The molecular weight excluding hydrogens is 1500 g/mol. The van der Waals surface area contributed by atoms with Gasteiger partial charge in [0, 0.05) is 68.2 Å². The first-order chi connectivity index (χ1) is 61.1. The lowest BCUT2D eigenvalue weighted by atomic mass is 9.97. The van der Waals surface area contributed by atoms with E-state index < -0.39 is 0 Å². The quantitative estimate of drug-likeness (QED) is 0.0627. The maximum absolute atomic E-state index is 2.38. The molecule has 0 aromatic heterocycles. The van der Waals surface area contributed by atoms with E-state index in [2.05, 4.69) is 520 Å². The van der Waals surface area contributed by atoms with Crippen LogP contribution in [0.15, 0.2) is 455 Å². The summed E-state index contributed by atoms with van der Waals surface area (Å²) in [6, 6.07) is 166. The lowest BCUT2D eigenvalue weighted by Gasteiger charge is -2.27. The number of aryl methyl sites for hydroxylation is 3. The van der Waals surface area contributed by atoms with Gasteiger partial charge in [-0.05, 0) is 305 Å². The standard InChI is InChI=1S/C120H90N4/c1-84-25-60-108(61-26-84)121(116-72-57-92-15-4-7-18-103(92)80-116)110-64-49-99(50-65-110)95-41-31-87(32-42-95)27-28-88-33-43-96(44-34-88)100-51-66-111(67-52-100)122(117-73-58-93-16-5-8-19-104(93)81-117)109-62-39-91(40-63-109)79-106-21-12-22-107-83-119(75-76-120(106)107)124(115-24-11-14-86(3)78-115)113-70-55-102(56-71-113)98-47-37-90(38-48-98)30-29-89-35-45-97(46-36-89)101-53-68-112(69-54-101)123(114-23-10-13-85(2)77-114)118-74-59-94-17-6-9-20-105(94)82-118/h4-78,80-83H,79H2,1-3H3. The molecule has 0 bridgehead atoms. The predicted molar refractivity (Wildman–Crippen MR) is 531 cm³/mol. The maximum atomic E-state index is 2.38. The average molecular weight is 1590 g/mol. The van der Waals surface area contributed by atoms with Crippen LogP contribution in [0.1, 0.15) is 50.1 Å². The van der Waals surface area contributed by atoms with Crippen LogP contribution in [0.4, 0.5) is 68.2 Å². The van der Waals surface area contributed by atoms with Crippen molar-refractivity contribution >= 4 is 136 Å². The number of rotatable bonds is 22. The Kier molecular flexibility index (Phi) is 21.3. The maximum Gasteiger partial charge on any atom is 0.0468 e. The van der Waals surface area contributed by atoms with Gasteiger partial charge in [0.25, 0.3) is 0 Å². The topological polar surface area (TPSA) is 13.0 Å². The highest BCUT2D eigenvalue weighted by Crippen LogP contribution is 2.44. The van der Waals surface area contributed by atoms with E-state index in [9.17, 15) is 0 Å². The Bertz CT molecular complexity index is 7280. The molecule has 0 unspecified atom stereocenters. The van der Waals surface area contributed by atoms with Crippen LogP contribution in [0.5, 0.6) is 0 Å². The monoisotopic (exact) mass is 1590 g/mol. The normalized spacial score (nSPS) is 11.5. The van der Waals surface area contributed by atoms with Crippen molar-refractivity contribution in [3.8, 4) is 44.5 Å². The van der Waals surface area contributed by atoms with Gasteiger partial charge in [-0.25, -0.2) is 0 Å². The van der Waals surface area contributed by atoms with Gasteiger partial charge in [-0.1, -0.05) is 339 Å². The van der Waals surface area contributed by atoms with Crippen molar-refractivity contribution in [1.82, 2.24) is 0 Å². The van der Waals surface area contributed by atoms with Crippen LogP contribution < -0.4 is 19.6 Å². The first-order valence-corrected chi connectivity index (χ1v) is 42.7. The largest absolute Gasteiger partial charge is 0.310 e. The van der Waals surface area contributed by atoms with E-state index >= 15 is 0 Å². The molecule has 0 aliphatic rings. The van der Waals surface area contributed by atoms with E-state index in [1.54, 1.807) is 0 Å². The Labute approximate surface area is 727 Å². The molecule has 20 aromatic rings. The molecule has 0 saturated heterocycles. The van der Waals surface area contributed by atoms with Gasteiger partial charge < -0.3 is 19.6 Å². The Balaban J connectivity index is 0.489. The molecule has 0 N–H and O–H groups in total. The van der Waals surface area contributed by atoms with Crippen molar-refractivity contribution in [3.05, 3.63) is 505 Å². The summed E-state index contributed by atoms with van der Waals surface area (Å²) < 4.78 is 0. The van der Waals surface area contributed by atoms with Crippen LogP contribution in [-0.2, 0) is 6.42 Å². The van der Waals surface area contributed by atoms with Gasteiger partial charge in [0.15, 0.2) is 0 Å². The number of benzene rings is 20. The fourth-order valence-corrected chi connectivity index (χ4v) is 17.3. The van der Waals surface area contributed by atoms with Crippen molar-refractivity contribution in [2.75, 3.05) is 19.6 Å². The second-order valence-electron chi connectivity index (χ2n) is 32.5. The number of anilines is 12. The van der Waals surface area contributed by atoms with Gasteiger partial charge >= 0.3 is 0 Å². The van der Waals surface area contributed by atoms with Crippen LogP contribution in [0.2, 0.25) is 0 Å². The van der Waals surface area contributed by atoms with Gasteiger partial charge in [0.1, 0.15) is 0 Å². The Morgan fingerprint density at radius 2 is 0.411 bits per heavy atom. The summed E-state index contributed by atoms with van der Waals surface area (Å²) in [6.45, 7) is 6.45. The van der Waals surface area contributed by atoms with Crippen LogP contribution in [-0.4, -0.2) is 0 Å². The van der Waals surface area contributed by atoms with E-state index in [0.29, 0.717) is 0 Å². The molecular formula is C120H90N4. The van der Waals surface area contributed by atoms with Crippen molar-refractivity contribution < 1.29 is 0 Å². The molecule has 0 radical (unpaired) electrons. The second kappa shape index (κ2) is 34.5. The molecule has 20 aromatic carbocycles. The van der Waals surface area contributed by atoms with E-state index in [1.807, 2.05) is 0 Å². The molecule has 0 aliphatic carbocycles. The molecule has 0 aliphatic heterocycles. The summed E-state index contributed by atoms with van der Waals surface area (Å²) in [4.78, 5) is 9.45. The molecule has 124 heavy (non-hydrogen) atoms. The third-order valence-electron chi connectivity index (χ3n) is 24.0. The Morgan fingerprint density at radius 3 is 0.734 bits per heavy atom. The number of hydrogen-bond donors (Lipinski definition) is 0. The van der Waals surface area contributed by atoms with E-state index in [-0.39, 0.29) is 0 Å². The zero-order valence-corrected chi connectivity index (χ0v) is 69.6. The smallest absolute Gasteiger partial charge is 0.0468 e. The molecule has 0 amide bonds. The average Bonchev–Trinajstić information content (AvgIpc) is 0.809. The highest BCUT2D eigenvalue weighted by molar-refractivity contribution is 5.96. The highest BCUT2D eigenvalue weighted by atomic mass is 15.2. The molecule has 0 saturated carbocycles. The van der Waals surface area contributed by atoms with E-state index in [4.69, 9.17) is 0 Å². The van der Waals surface area contributed by atoms with Crippen molar-refractivity contribution in [1.29, 1.82) is 0 Å². The Hall–Kier alpha value is -15.9. The van der Waals surface area contributed by atoms with Crippen molar-refractivity contribution in [2.24, 2.45) is 0 Å². The summed E-state index contributed by atoms with van der Waals surface area (Å²) in [5.41, 5.74) is 33.5. The molecule has 0 fully saturated rings. The zero-order valence-electron chi connectivity index (χ0n) is 69.6. The number of hydrogen-bond acceptors (Lipinski definition) is 4. The SMILES string of the molecule is Cc1ccc(N(c2ccc(-c3ccc(C=Cc4ccc(-c5ccc(N(c6ccc(Cc7cccc8cc(N(c9ccc(-c%10ccc(C=Cc%11ccc(-c%12ccc(N(c%13cccc(C)c%13)c%13ccc%14ccccc%14c%13)cc%12)cc%11)cc%10)cc9)c9cccc(C)c9)ccc78)cc6)c6ccc7ccccc7c6)cc5)cc4)cc3)cc2)c2ccc3ccccc3c2)cc1. The minimum absolute atomic E-state index is 0.790. The third-order valence-corrected chi connectivity index (χ3v) is 24.0. The Morgan fingerprint density at radius 1 is 0.169 bits per heavy atom. The minimum Gasteiger partial charge on any atom is -0.310 e. The fraction of sp³-hybridized carbons (Fsp3) is 0.0333. The van der Waals surface area contributed by atoms with Gasteiger partial charge in [-0.15, -0.1) is 0 Å². The van der Waals surface area contributed by atoms with Gasteiger partial charge in [-0.3, -0.25) is 0 Å². The van der Waals surface area contributed by atoms with E-state index in [0.717, 1.165) is 108 Å². The summed E-state index contributed by atoms with van der Waals surface area (Å²) in [7, 11) is 0. The highest BCUT2D eigenvalue weighted by Gasteiger charge is 2.21. The molecule has 0 spiro atoms. The fourth-order valence-electron chi connectivity index (χ4n) is 17.3. The van der Waals surface area contributed by atoms with E-state index in [1.165, 1.54) is 104 Å².